The van der Waals surface area contributed by atoms with Crippen LogP contribution < -0.4 is 5.32 Å². The number of alkyl halides is 5. The Kier molecular flexibility index (Phi) is 7.71. The van der Waals surface area contributed by atoms with E-state index in [2.05, 4.69) is 15.4 Å². The number of Topliss-reactive ketones (excluding diaryl/α,β-unsaturated/α-hetero) is 1. The molecule has 0 aromatic carbocycles. The van der Waals surface area contributed by atoms with Gasteiger partial charge in [0.05, 0.1) is 38.8 Å². The van der Waals surface area contributed by atoms with Crippen LogP contribution in [0, 0.1) is 11.3 Å². The summed E-state index contributed by atoms with van der Waals surface area (Å²) in [5.41, 5.74) is -3.56. The Balaban J connectivity index is 1.59. The Hall–Kier alpha value is -2.80. The Morgan fingerprint density at radius 3 is 2.21 bits per heavy atom. The smallest absolute Gasteiger partial charge is 0.433 e. The molecule has 15 heteroatoms. The number of amides is 1. The summed E-state index contributed by atoms with van der Waals surface area (Å²) in [5, 5.41) is 15.1. The molecule has 2 atom stereocenters. The van der Waals surface area contributed by atoms with Crippen molar-refractivity contribution in [2.24, 2.45) is 11.3 Å². The number of ketones is 1. The van der Waals surface area contributed by atoms with Crippen LogP contribution >= 0.6 is 23.2 Å². The lowest BCUT2D eigenvalue weighted by Gasteiger charge is -2.34. The van der Waals surface area contributed by atoms with Crippen LogP contribution in [-0.4, -0.2) is 49.5 Å². The maximum absolute atomic E-state index is 14.1. The first-order valence-electron chi connectivity index (χ1n) is 11.9. The summed E-state index contributed by atoms with van der Waals surface area (Å²) in [4.78, 5) is 41.1. The van der Waals surface area contributed by atoms with Crippen molar-refractivity contribution in [3.63, 3.8) is 0 Å². The molecular weight excluding hydrogens is 574 g/mol. The molecule has 2 N–H and O–H groups in total. The molecule has 212 valence electrons. The molecule has 4 rings (SSSR count). The molecule has 0 radical (unpaired) electrons. The normalized spacial score (nSPS) is 25.1. The van der Waals surface area contributed by atoms with Gasteiger partial charge in [-0.2, -0.15) is 18.3 Å². The van der Waals surface area contributed by atoms with E-state index < -0.39 is 77.3 Å². The number of hydrogen-bond acceptors (Lipinski definition) is 5. The van der Waals surface area contributed by atoms with Crippen molar-refractivity contribution in [1.82, 2.24) is 20.1 Å². The molecule has 39 heavy (non-hydrogen) atoms. The van der Waals surface area contributed by atoms with Crippen LogP contribution in [0.25, 0.3) is 0 Å². The lowest BCUT2D eigenvalue weighted by molar-refractivity contribution is -0.152. The highest BCUT2D eigenvalue weighted by atomic mass is 35.5. The van der Waals surface area contributed by atoms with Gasteiger partial charge in [-0.1, -0.05) is 23.2 Å². The number of carbonyl (C=O) groups excluding carboxylic acids is 2. The van der Waals surface area contributed by atoms with Crippen LogP contribution in [0.3, 0.4) is 0 Å². The van der Waals surface area contributed by atoms with E-state index in [0.717, 1.165) is 12.4 Å². The van der Waals surface area contributed by atoms with Crippen molar-refractivity contribution in [3.05, 3.63) is 45.5 Å². The van der Waals surface area contributed by atoms with Gasteiger partial charge in [-0.3, -0.25) is 24.0 Å². The number of hydrogen-bond donors (Lipinski definition) is 2. The molecular formula is C24H23Cl2F5N4O4. The second-order valence-corrected chi connectivity index (χ2v) is 11.0. The molecule has 0 aliphatic heterocycles. The molecule has 2 aliphatic carbocycles. The quantitative estimate of drug-likeness (QED) is 0.292. The van der Waals surface area contributed by atoms with Gasteiger partial charge >= 0.3 is 12.1 Å². The predicted octanol–water partition coefficient (Wildman–Crippen LogP) is 5.84. The van der Waals surface area contributed by atoms with Gasteiger partial charge in [0, 0.05) is 37.2 Å². The zero-order chi connectivity index (χ0) is 28.9. The van der Waals surface area contributed by atoms with Crippen LogP contribution in [0.5, 0.6) is 0 Å². The second-order valence-electron chi connectivity index (χ2n) is 10.2. The SMILES string of the molecule is CC1(C(=O)O)CCC(n2ncc(C(=O)NC(CC(=O)c3c(Cl)cncc3Cl)[C@H]3CC3(F)F)c2C(F)(F)F)CC1. The van der Waals surface area contributed by atoms with E-state index in [1.807, 2.05) is 0 Å². The third-order valence-electron chi connectivity index (χ3n) is 7.44. The second kappa shape index (κ2) is 10.3. The summed E-state index contributed by atoms with van der Waals surface area (Å²) in [7, 11) is 0. The maximum atomic E-state index is 14.1. The van der Waals surface area contributed by atoms with Crippen molar-refractivity contribution in [1.29, 1.82) is 0 Å². The van der Waals surface area contributed by atoms with Gasteiger partial charge in [0.2, 0.25) is 0 Å². The number of carboxylic acid groups (broad SMARTS) is 1. The first kappa shape index (κ1) is 29.2. The average molecular weight is 597 g/mol. The fourth-order valence-electron chi connectivity index (χ4n) is 4.98. The molecule has 8 nitrogen and oxygen atoms in total. The zero-order valence-corrected chi connectivity index (χ0v) is 21.9. The van der Waals surface area contributed by atoms with E-state index in [4.69, 9.17) is 23.2 Å². The minimum Gasteiger partial charge on any atom is -0.481 e. The molecule has 0 spiro atoms. The molecule has 2 heterocycles. The van der Waals surface area contributed by atoms with Gasteiger partial charge in [0.1, 0.15) is 0 Å². The molecule has 2 aliphatic rings. The van der Waals surface area contributed by atoms with Gasteiger partial charge in [-0.25, -0.2) is 8.78 Å². The van der Waals surface area contributed by atoms with Crippen molar-refractivity contribution in [2.45, 2.75) is 69.6 Å². The van der Waals surface area contributed by atoms with Crippen LogP contribution in [0.15, 0.2) is 18.6 Å². The monoisotopic (exact) mass is 596 g/mol. The molecule has 1 amide bonds. The largest absolute Gasteiger partial charge is 0.481 e. The van der Waals surface area contributed by atoms with Crippen molar-refractivity contribution in [3.8, 4) is 0 Å². The molecule has 0 saturated heterocycles. The van der Waals surface area contributed by atoms with E-state index >= 15 is 0 Å². The fraction of sp³-hybridized carbons (Fsp3) is 0.542. The number of carboxylic acids is 1. The van der Waals surface area contributed by atoms with E-state index in [1.165, 1.54) is 6.92 Å². The van der Waals surface area contributed by atoms with Crippen molar-refractivity contribution < 1.29 is 41.4 Å². The summed E-state index contributed by atoms with van der Waals surface area (Å²) < 4.78 is 71.1. The van der Waals surface area contributed by atoms with E-state index in [-0.39, 0.29) is 41.3 Å². The van der Waals surface area contributed by atoms with Gasteiger partial charge in [0.15, 0.2) is 11.5 Å². The van der Waals surface area contributed by atoms with Gasteiger partial charge < -0.3 is 10.4 Å². The Labute approximate surface area is 228 Å². The molecule has 0 bridgehead atoms. The third kappa shape index (κ3) is 5.88. The number of nitrogens with zero attached hydrogens (tertiary/aromatic N) is 3. The van der Waals surface area contributed by atoms with Crippen LogP contribution in [0.2, 0.25) is 10.0 Å². The fourth-order valence-corrected chi connectivity index (χ4v) is 5.55. The van der Waals surface area contributed by atoms with Crippen molar-refractivity contribution in [2.75, 3.05) is 0 Å². The third-order valence-corrected chi connectivity index (χ3v) is 8.02. The maximum Gasteiger partial charge on any atom is 0.433 e. The standard InChI is InChI=1S/C24H23Cl2F5N4O4/c1-22(21(38)39)4-2-11(3-5-22)35-19(24(29,30)31)12(8-33-35)20(37)34-16(13-7-23(13,27)28)6-17(36)18-14(25)9-32-10-15(18)26/h8-11,13,16H,2-7H2,1H3,(H,34,37)(H,38,39)/t11?,13-,16?,22?/m1/s1. The average Bonchev–Trinajstić information content (AvgIpc) is 3.23. The highest BCUT2D eigenvalue weighted by molar-refractivity contribution is 6.39. The zero-order valence-electron chi connectivity index (χ0n) is 20.4. The van der Waals surface area contributed by atoms with Gasteiger partial charge in [0.25, 0.3) is 11.8 Å². The van der Waals surface area contributed by atoms with Crippen LogP contribution in [0.1, 0.15) is 77.9 Å². The first-order chi connectivity index (χ1) is 18.0. The van der Waals surface area contributed by atoms with Crippen LogP contribution in [-0.2, 0) is 11.0 Å². The summed E-state index contributed by atoms with van der Waals surface area (Å²) in [5.74, 6) is -7.88. The number of aromatic nitrogens is 3. The topological polar surface area (TPSA) is 114 Å². The summed E-state index contributed by atoms with van der Waals surface area (Å²) in [6.07, 6.45) is -3.10. The summed E-state index contributed by atoms with van der Waals surface area (Å²) >= 11 is 11.9. The minimum atomic E-state index is -5.04. The number of nitrogens with one attached hydrogen (secondary N) is 1. The minimum absolute atomic E-state index is 0.0769. The Bertz CT molecular complexity index is 1290. The molecule has 1 unspecified atom stereocenters. The number of pyridine rings is 1. The molecule has 2 aromatic rings. The number of carbonyl (C=O) groups is 3. The number of aliphatic carboxylic acids is 1. The molecule has 2 saturated carbocycles. The lowest BCUT2D eigenvalue weighted by atomic mass is 9.74. The number of halogens is 7. The van der Waals surface area contributed by atoms with Gasteiger partial charge in [-0.15, -0.1) is 0 Å². The first-order valence-corrected chi connectivity index (χ1v) is 12.7. The highest BCUT2D eigenvalue weighted by Gasteiger charge is 2.61. The molecule has 2 fully saturated rings. The molecule has 2 aromatic heterocycles. The number of rotatable bonds is 8. The van der Waals surface area contributed by atoms with E-state index in [0.29, 0.717) is 10.9 Å². The Morgan fingerprint density at radius 2 is 1.72 bits per heavy atom. The Morgan fingerprint density at radius 1 is 1.15 bits per heavy atom. The summed E-state index contributed by atoms with van der Waals surface area (Å²) in [6.45, 7) is 1.51. The van der Waals surface area contributed by atoms with Gasteiger partial charge in [-0.05, 0) is 32.6 Å². The highest BCUT2D eigenvalue weighted by Crippen LogP contribution is 2.52. The van der Waals surface area contributed by atoms with Crippen molar-refractivity contribution >= 4 is 40.9 Å². The van der Waals surface area contributed by atoms with E-state index in [9.17, 15) is 41.4 Å². The van der Waals surface area contributed by atoms with E-state index in [1.54, 1.807) is 0 Å². The predicted molar refractivity (Wildman–Crippen MR) is 128 cm³/mol. The summed E-state index contributed by atoms with van der Waals surface area (Å²) in [6, 6.07) is -2.34. The van der Waals surface area contributed by atoms with Crippen LogP contribution in [0.4, 0.5) is 22.0 Å². The lowest BCUT2D eigenvalue weighted by Crippen LogP contribution is -2.40.